The normalized spacial score (nSPS) is 27.6. The van der Waals surface area contributed by atoms with Crippen molar-refractivity contribution in [1.82, 2.24) is 0 Å². The second-order valence-corrected chi connectivity index (χ2v) is 6.94. The Morgan fingerprint density at radius 1 is 1.40 bits per heavy atom. The largest absolute Gasteiger partial charge is 0.466 e. The van der Waals surface area contributed by atoms with E-state index in [0.717, 1.165) is 18.8 Å². The Morgan fingerprint density at radius 3 is 2.65 bits per heavy atom. The zero-order valence-corrected chi connectivity index (χ0v) is 13.4. The Morgan fingerprint density at radius 2 is 2.10 bits per heavy atom. The van der Waals surface area contributed by atoms with Crippen molar-refractivity contribution in [3.8, 4) is 0 Å². The van der Waals surface area contributed by atoms with Gasteiger partial charge in [-0.05, 0) is 57.3 Å². The Kier molecular flexibility index (Phi) is 5.29. The van der Waals surface area contributed by atoms with Gasteiger partial charge >= 0.3 is 5.97 Å². The Labute approximate surface area is 124 Å². The van der Waals surface area contributed by atoms with E-state index in [0.29, 0.717) is 12.0 Å². The van der Waals surface area contributed by atoms with Crippen LogP contribution in [0.2, 0.25) is 0 Å². The summed E-state index contributed by atoms with van der Waals surface area (Å²) in [6, 6.07) is 0. The molecule has 0 spiro atoms. The van der Waals surface area contributed by atoms with Crippen molar-refractivity contribution in [3.05, 3.63) is 11.6 Å². The average molecular weight is 278 g/mol. The van der Waals surface area contributed by atoms with Crippen molar-refractivity contribution < 1.29 is 9.53 Å². The number of allylic oxidation sites excluding steroid dienone is 1. The molecule has 0 radical (unpaired) electrons. The van der Waals surface area contributed by atoms with Crippen LogP contribution < -0.4 is 0 Å². The maximum absolute atomic E-state index is 11.8. The summed E-state index contributed by atoms with van der Waals surface area (Å²) in [6.07, 6.45) is 12.9. The van der Waals surface area contributed by atoms with Gasteiger partial charge in [-0.3, -0.25) is 4.79 Å². The first-order valence-electron chi connectivity index (χ1n) is 8.42. The summed E-state index contributed by atoms with van der Waals surface area (Å²) >= 11 is 0. The molecule has 2 heteroatoms. The number of carbonyl (C=O) groups is 1. The molecule has 20 heavy (non-hydrogen) atoms. The van der Waals surface area contributed by atoms with Crippen molar-refractivity contribution in [2.45, 2.75) is 72.1 Å². The third kappa shape index (κ3) is 3.45. The first-order valence-corrected chi connectivity index (χ1v) is 8.42. The second-order valence-electron chi connectivity index (χ2n) is 6.94. The minimum atomic E-state index is -0.0546. The van der Waals surface area contributed by atoms with Gasteiger partial charge in [0.05, 0.1) is 12.5 Å². The molecule has 0 aromatic carbocycles. The van der Waals surface area contributed by atoms with Crippen LogP contribution >= 0.6 is 0 Å². The molecule has 2 nitrogen and oxygen atoms in total. The molecule has 2 aliphatic carbocycles. The van der Waals surface area contributed by atoms with Crippen molar-refractivity contribution in [3.63, 3.8) is 0 Å². The van der Waals surface area contributed by atoms with E-state index in [1.54, 1.807) is 0 Å². The van der Waals surface area contributed by atoms with E-state index >= 15 is 0 Å². The van der Waals surface area contributed by atoms with Crippen LogP contribution in [0, 0.1) is 17.3 Å². The van der Waals surface area contributed by atoms with E-state index in [1.165, 1.54) is 44.1 Å². The summed E-state index contributed by atoms with van der Waals surface area (Å²) < 4.78 is 5.14. The molecule has 0 aromatic heterocycles. The summed E-state index contributed by atoms with van der Waals surface area (Å²) in [6.45, 7) is 6.84. The summed E-state index contributed by atoms with van der Waals surface area (Å²) in [5.41, 5.74) is 1.85. The molecule has 0 N–H and O–H groups in total. The molecule has 1 fully saturated rings. The average Bonchev–Trinajstić information content (AvgIpc) is 2.48. The van der Waals surface area contributed by atoms with Crippen LogP contribution in [-0.2, 0) is 9.53 Å². The fourth-order valence-corrected chi connectivity index (χ4v) is 4.07. The first-order chi connectivity index (χ1) is 9.57. The van der Waals surface area contributed by atoms with Gasteiger partial charge < -0.3 is 4.74 Å². The molecule has 2 rings (SSSR count). The number of hydrogen-bond donors (Lipinski definition) is 0. The molecular weight excluding hydrogens is 248 g/mol. The van der Waals surface area contributed by atoms with Gasteiger partial charge in [-0.25, -0.2) is 0 Å². The molecule has 0 saturated heterocycles. The lowest BCUT2D eigenvalue weighted by Crippen LogP contribution is -2.31. The molecule has 0 amide bonds. The predicted molar refractivity (Wildman–Crippen MR) is 82.4 cm³/mol. The van der Waals surface area contributed by atoms with Gasteiger partial charge in [0.15, 0.2) is 0 Å². The van der Waals surface area contributed by atoms with Gasteiger partial charge in [0.25, 0.3) is 0 Å². The van der Waals surface area contributed by atoms with E-state index in [1.807, 2.05) is 13.8 Å². The van der Waals surface area contributed by atoms with Crippen LogP contribution in [0.1, 0.15) is 72.1 Å². The van der Waals surface area contributed by atoms with Crippen LogP contribution in [0.3, 0.4) is 0 Å². The highest BCUT2D eigenvalue weighted by Gasteiger charge is 2.36. The van der Waals surface area contributed by atoms with Crippen LogP contribution in [-0.4, -0.2) is 12.6 Å². The lowest BCUT2D eigenvalue weighted by atomic mass is 9.63. The number of ether oxygens (including phenoxy) is 1. The minimum absolute atomic E-state index is 0.0462. The highest BCUT2D eigenvalue weighted by atomic mass is 16.5. The molecule has 0 aromatic rings. The Balaban J connectivity index is 1.94. The van der Waals surface area contributed by atoms with Gasteiger partial charge in [-0.2, -0.15) is 0 Å². The fourth-order valence-electron chi connectivity index (χ4n) is 4.07. The lowest BCUT2D eigenvalue weighted by Gasteiger charge is -2.42. The van der Waals surface area contributed by atoms with Crippen molar-refractivity contribution in [1.29, 1.82) is 0 Å². The van der Waals surface area contributed by atoms with E-state index in [4.69, 9.17) is 4.74 Å². The standard InChI is InChI=1S/C18H30O2/c1-4-20-17(19)14(2)15-8-10-16(11-9-15)18(3)12-6-5-7-13-18/h8,14,16H,4-7,9-13H2,1-3H3/t14-,16+/m1/s1. The number of hydrogen-bond acceptors (Lipinski definition) is 2. The molecule has 0 heterocycles. The van der Waals surface area contributed by atoms with Gasteiger partial charge in [0.1, 0.15) is 0 Å². The number of rotatable bonds is 4. The molecule has 114 valence electrons. The SMILES string of the molecule is CCOC(=O)[C@H](C)C1=CC[C@H](C2(C)CCCCC2)CC1. The van der Waals surface area contributed by atoms with E-state index in [9.17, 15) is 4.79 Å². The van der Waals surface area contributed by atoms with Crippen molar-refractivity contribution >= 4 is 5.97 Å². The molecule has 1 saturated carbocycles. The zero-order chi connectivity index (χ0) is 14.6. The lowest BCUT2D eigenvalue weighted by molar-refractivity contribution is -0.146. The maximum atomic E-state index is 11.8. The Bertz CT molecular complexity index is 364. The molecule has 2 aliphatic rings. The number of carbonyl (C=O) groups excluding carboxylic acids is 1. The van der Waals surface area contributed by atoms with E-state index < -0.39 is 0 Å². The smallest absolute Gasteiger partial charge is 0.312 e. The van der Waals surface area contributed by atoms with Crippen LogP contribution in [0.4, 0.5) is 0 Å². The van der Waals surface area contributed by atoms with Crippen LogP contribution in [0.25, 0.3) is 0 Å². The summed E-state index contributed by atoms with van der Waals surface area (Å²) in [5.74, 6) is 0.720. The van der Waals surface area contributed by atoms with Gasteiger partial charge in [-0.1, -0.05) is 37.8 Å². The van der Waals surface area contributed by atoms with Gasteiger partial charge in [0, 0.05) is 0 Å². The third-order valence-electron chi connectivity index (χ3n) is 5.62. The van der Waals surface area contributed by atoms with Crippen molar-refractivity contribution in [2.24, 2.45) is 17.3 Å². The van der Waals surface area contributed by atoms with Crippen LogP contribution in [0.15, 0.2) is 11.6 Å². The monoisotopic (exact) mass is 278 g/mol. The fraction of sp³-hybridized carbons (Fsp3) is 0.833. The molecule has 0 bridgehead atoms. The third-order valence-corrected chi connectivity index (χ3v) is 5.62. The maximum Gasteiger partial charge on any atom is 0.312 e. The zero-order valence-electron chi connectivity index (χ0n) is 13.4. The first kappa shape index (κ1) is 15.6. The summed E-state index contributed by atoms with van der Waals surface area (Å²) in [5, 5.41) is 0. The van der Waals surface area contributed by atoms with Gasteiger partial charge in [-0.15, -0.1) is 0 Å². The molecular formula is C18H30O2. The predicted octanol–water partition coefficient (Wildman–Crippen LogP) is 4.88. The molecule has 0 unspecified atom stereocenters. The summed E-state index contributed by atoms with van der Waals surface area (Å²) in [7, 11) is 0. The van der Waals surface area contributed by atoms with E-state index in [2.05, 4.69) is 13.0 Å². The minimum Gasteiger partial charge on any atom is -0.466 e. The van der Waals surface area contributed by atoms with Crippen LogP contribution in [0.5, 0.6) is 0 Å². The summed E-state index contributed by atoms with van der Waals surface area (Å²) in [4.78, 5) is 11.8. The topological polar surface area (TPSA) is 26.3 Å². The molecule has 2 atom stereocenters. The van der Waals surface area contributed by atoms with Crippen molar-refractivity contribution in [2.75, 3.05) is 6.61 Å². The highest BCUT2D eigenvalue weighted by Crippen LogP contribution is 2.48. The quantitative estimate of drug-likeness (QED) is 0.541. The van der Waals surface area contributed by atoms with E-state index in [-0.39, 0.29) is 11.9 Å². The molecule has 0 aliphatic heterocycles. The van der Waals surface area contributed by atoms with Gasteiger partial charge in [0.2, 0.25) is 0 Å². The second kappa shape index (κ2) is 6.78. The Hall–Kier alpha value is -0.790. The highest BCUT2D eigenvalue weighted by molar-refractivity contribution is 5.75. The number of esters is 1.